The van der Waals surface area contributed by atoms with E-state index in [2.05, 4.69) is 36.0 Å². The van der Waals surface area contributed by atoms with Crippen molar-refractivity contribution in [3.05, 3.63) is 0 Å². The summed E-state index contributed by atoms with van der Waals surface area (Å²) in [6.07, 6.45) is 2.62. The van der Waals surface area contributed by atoms with Crippen LogP contribution in [0.1, 0.15) is 33.6 Å². The summed E-state index contributed by atoms with van der Waals surface area (Å²) >= 11 is 0. The molecule has 108 valence electrons. The van der Waals surface area contributed by atoms with Gasteiger partial charge >= 0.3 is 0 Å². The highest BCUT2D eigenvalue weighted by Gasteiger charge is 2.18. The topological polar surface area (TPSA) is 53.6 Å². The smallest absolute Gasteiger partial charge is 0.188 e. The van der Waals surface area contributed by atoms with Gasteiger partial charge in [0, 0.05) is 19.6 Å². The van der Waals surface area contributed by atoms with Crippen molar-refractivity contribution >= 4 is 29.9 Å². The molecule has 1 heterocycles. The number of halogens is 1. The number of nitrogens with zero attached hydrogens (tertiary/aromatic N) is 2. The molecule has 1 unspecified atom stereocenters. The molecule has 0 aromatic heterocycles. The van der Waals surface area contributed by atoms with Crippen LogP contribution in [0.3, 0.4) is 0 Å². The molecule has 18 heavy (non-hydrogen) atoms. The van der Waals surface area contributed by atoms with Crippen molar-refractivity contribution in [1.82, 2.24) is 10.2 Å². The lowest BCUT2D eigenvalue weighted by Crippen LogP contribution is -2.42. The van der Waals surface area contributed by atoms with Crippen LogP contribution in [0.4, 0.5) is 0 Å². The molecule has 0 amide bonds. The van der Waals surface area contributed by atoms with Gasteiger partial charge in [-0.2, -0.15) is 0 Å². The highest BCUT2D eigenvalue weighted by Crippen LogP contribution is 2.14. The van der Waals surface area contributed by atoms with Crippen LogP contribution >= 0.6 is 24.0 Å². The van der Waals surface area contributed by atoms with Crippen LogP contribution in [0.25, 0.3) is 0 Å². The maximum absolute atomic E-state index is 5.83. The third-order valence-electron chi connectivity index (χ3n) is 3.25. The van der Waals surface area contributed by atoms with Gasteiger partial charge in [-0.15, -0.1) is 24.0 Å². The molecule has 0 aromatic carbocycles. The molecule has 1 atom stereocenters. The zero-order valence-electron chi connectivity index (χ0n) is 12.0. The first-order valence-corrected chi connectivity index (χ1v) is 6.88. The second-order valence-corrected chi connectivity index (χ2v) is 5.40. The third-order valence-corrected chi connectivity index (χ3v) is 3.25. The predicted molar refractivity (Wildman–Crippen MR) is 89.6 cm³/mol. The molecule has 0 aliphatic carbocycles. The molecule has 1 aliphatic heterocycles. The standard InChI is InChI=1S/C13H28N4.HI/c1-4-17-7-5-6-12(10-17)9-16-13(14)15-8-11(2)3;/h11-12H,4-10H2,1-3H3,(H3,14,15,16);1H. The molecule has 5 heteroatoms. The van der Waals surface area contributed by atoms with Gasteiger partial charge in [0.15, 0.2) is 5.96 Å². The van der Waals surface area contributed by atoms with Gasteiger partial charge in [-0.25, -0.2) is 0 Å². The van der Waals surface area contributed by atoms with E-state index in [1.54, 1.807) is 0 Å². The molecular weight excluding hydrogens is 339 g/mol. The van der Waals surface area contributed by atoms with Crippen LogP contribution in [0.5, 0.6) is 0 Å². The lowest BCUT2D eigenvalue weighted by molar-refractivity contribution is 0.183. The Balaban J connectivity index is 0.00000289. The normalized spacial score (nSPS) is 21.8. The number of nitrogens with one attached hydrogen (secondary N) is 1. The third kappa shape index (κ3) is 7.41. The average Bonchev–Trinajstić information content (AvgIpc) is 2.34. The Morgan fingerprint density at radius 3 is 2.83 bits per heavy atom. The van der Waals surface area contributed by atoms with E-state index in [0.717, 1.165) is 25.6 Å². The molecule has 1 saturated heterocycles. The van der Waals surface area contributed by atoms with Gasteiger partial charge in [-0.1, -0.05) is 20.8 Å². The van der Waals surface area contributed by atoms with E-state index in [0.29, 0.717) is 11.9 Å². The SMILES string of the molecule is CCN1CCCC(CNC(N)=NCC(C)C)C1.I. The van der Waals surface area contributed by atoms with E-state index in [1.807, 2.05) is 0 Å². The fraction of sp³-hybridized carbons (Fsp3) is 0.923. The molecule has 0 aromatic rings. The molecule has 0 saturated carbocycles. The minimum atomic E-state index is 0. The van der Waals surface area contributed by atoms with E-state index in [9.17, 15) is 0 Å². The van der Waals surface area contributed by atoms with Crippen LogP contribution < -0.4 is 11.1 Å². The molecule has 4 nitrogen and oxygen atoms in total. The minimum absolute atomic E-state index is 0. The fourth-order valence-electron chi connectivity index (χ4n) is 2.19. The van der Waals surface area contributed by atoms with E-state index < -0.39 is 0 Å². The monoisotopic (exact) mass is 368 g/mol. The van der Waals surface area contributed by atoms with Crippen LogP contribution in [-0.2, 0) is 0 Å². The van der Waals surface area contributed by atoms with Gasteiger partial charge in [0.2, 0.25) is 0 Å². The Kier molecular flexibility index (Phi) is 9.81. The summed E-state index contributed by atoms with van der Waals surface area (Å²) in [4.78, 5) is 6.83. The highest BCUT2D eigenvalue weighted by atomic mass is 127. The number of likely N-dealkylation sites (tertiary alicyclic amines) is 1. The Bertz CT molecular complexity index is 243. The zero-order chi connectivity index (χ0) is 12.7. The van der Waals surface area contributed by atoms with Gasteiger partial charge in [-0.3, -0.25) is 4.99 Å². The van der Waals surface area contributed by atoms with E-state index in [4.69, 9.17) is 5.73 Å². The summed E-state index contributed by atoms with van der Waals surface area (Å²) in [6, 6.07) is 0. The van der Waals surface area contributed by atoms with Crippen LogP contribution in [0.2, 0.25) is 0 Å². The summed E-state index contributed by atoms with van der Waals surface area (Å²) in [6.45, 7) is 11.9. The number of rotatable bonds is 5. The Hall–Kier alpha value is -0.0400. The number of hydrogen-bond acceptors (Lipinski definition) is 2. The molecular formula is C13H29IN4. The zero-order valence-corrected chi connectivity index (χ0v) is 14.3. The van der Waals surface area contributed by atoms with Gasteiger partial charge in [0.25, 0.3) is 0 Å². The van der Waals surface area contributed by atoms with Crippen molar-refractivity contribution in [3.8, 4) is 0 Å². The Morgan fingerprint density at radius 1 is 1.50 bits per heavy atom. The van der Waals surface area contributed by atoms with Crippen LogP contribution in [0, 0.1) is 11.8 Å². The first kappa shape index (κ1) is 18.0. The number of guanidine groups is 1. The van der Waals surface area contributed by atoms with Gasteiger partial charge in [0.1, 0.15) is 0 Å². The summed E-state index contributed by atoms with van der Waals surface area (Å²) in [7, 11) is 0. The molecule has 1 rings (SSSR count). The Labute approximate surface area is 129 Å². The predicted octanol–water partition coefficient (Wildman–Crippen LogP) is 1.90. The fourth-order valence-corrected chi connectivity index (χ4v) is 2.19. The van der Waals surface area contributed by atoms with Crippen molar-refractivity contribution in [2.45, 2.75) is 33.6 Å². The van der Waals surface area contributed by atoms with E-state index in [1.165, 1.54) is 25.9 Å². The van der Waals surface area contributed by atoms with Crippen molar-refractivity contribution < 1.29 is 0 Å². The van der Waals surface area contributed by atoms with Crippen LogP contribution in [-0.4, -0.2) is 43.6 Å². The van der Waals surface area contributed by atoms with E-state index >= 15 is 0 Å². The van der Waals surface area contributed by atoms with Crippen molar-refractivity contribution in [1.29, 1.82) is 0 Å². The molecule has 1 fully saturated rings. The first-order chi connectivity index (χ1) is 8.11. The molecule has 1 aliphatic rings. The molecule has 0 spiro atoms. The highest BCUT2D eigenvalue weighted by molar-refractivity contribution is 14.0. The van der Waals surface area contributed by atoms with Crippen molar-refractivity contribution in [3.63, 3.8) is 0 Å². The second kappa shape index (κ2) is 9.83. The summed E-state index contributed by atoms with van der Waals surface area (Å²) in [5.41, 5.74) is 5.83. The second-order valence-electron chi connectivity index (χ2n) is 5.40. The largest absolute Gasteiger partial charge is 0.370 e. The van der Waals surface area contributed by atoms with Gasteiger partial charge in [0.05, 0.1) is 0 Å². The quantitative estimate of drug-likeness (QED) is 0.443. The van der Waals surface area contributed by atoms with Gasteiger partial charge < -0.3 is 16.0 Å². The number of nitrogens with two attached hydrogens (primary N) is 1. The summed E-state index contributed by atoms with van der Waals surface area (Å²) < 4.78 is 0. The first-order valence-electron chi connectivity index (χ1n) is 6.88. The van der Waals surface area contributed by atoms with Gasteiger partial charge in [-0.05, 0) is 37.8 Å². The summed E-state index contributed by atoms with van der Waals surface area (Å²) in [5, 5.41) is 3.25. The van der Waals surface area contributed by atoms with E-state index in [-0.39, 0.29) is 24.0 Å². The minimum Gasteiger partial charge on any atom is -0.370 e. The lowest BCUT2D eigenvalue weighted by atomic mass is 9.98. The lowest BCUT2D eigenvalue weighted by Gasteiger charge is -2.31. The van der Waals surface area contributed by atoms with Crippen molar-refractivity contribution in [2.75, 3.05) is 32.7 Å². The number of aliphatic imine (C=N–C) groups is 1. The Morgan fingerprint density at radius 2 is 2.22 bits per heavy atom. The average molecular weight is 368 g/mol. The number of piperidine rings is 1. The summed E-state index contributed by atoms with van der Waals surface area (Å²) in [5.74, 6) is 1.89. The number of hydrogen-bond donors (Lipinski definition) is 2. The van der Waals surface area contributed by atoms with Crippen molar-refractivity contribution in [2.24, 2.45) is 22.6 Å². The molecule has 0 bridgehead atoms. The molecule has 0 radical (unpaired) electrons. The van der Waals surface area contributed by atoms with Crippen LogP contribution in [0.15, 0.2) is 4.99 Å². The maximum atomic E-state index is 5.83. The molecule has 3 N–H and O–H groups in total. The maximum Gasteiger partial charge on any atom is 0.188 e.